The molecule has 0 spiro atoms. The minimum absolute atomic E-state index is 0.227. The Labute approximate surface area is 146 Å². The smallest absolute Gasteiger partial charge is 0.244 e. The van der Waals surface area contributed by atoms with Crippen molar-refractivity contribution < 1.29 is 4.39 Å². The third-order valence-electron chi connectivity index (χ3n) is 3.66. The molecule has 0 fully saturated rings. The van der Waals surface area contributed by atoms with Gasteiger partial charge in [0, 0.05) is 12.2 Å². The van der Waals surface area contributed by atoms with Gasteiger partial charge in [-0.25, -0.2) is 4.39 Å². The lowest BCUT2D eigenvalue weighted by atomic mass is 10.1. The summed E-state index contributed by atoms with van der Waals surface area (Å²) in [5.41, 5.74) is 4.38. The lowest BCUT2D eigenvalue weighted by Gasteiger charge is -2.09. The second-order valence-corrected chi connectivity index (χ2v) is 5.97. The summed E-state index contributed by atoms with van der Waals surface area (Å²) >= 11 is 0. The highest BCUT2D eigenvalue weighted by Gasteiger charge is 2.03. The maximum atomic E-state index is 12.9. The largest absolute Gasteiger partial charge is 0.353 e. The molecule has 128 valence electrons. The first-order valence-electron chi connectivity index (χ1n) is 8.12. The number of rotatable bonds is 6. The quantitative estimate of drug-likeness (QED) is 0.711. The van der Waals surface area contributed by atoms with E-state index < -0.39 is 0 Å². The van der Waals surface area contributed by atoms with Crippen LogP contribution in [0.5, 0.6) is 0 Å². The van der Waals surface area contributed by atoms with Crippen LogP contribution < -0.4 is 10.6 Å². The number of benzene rings is 2. The summed E-state index contributed by atoms with van der Waals surface area (Å²) in [6.07, 6.45) is 2.33. The average molecular weight is 337 g/mol. The second kappa shape index (κ2) is 7.70. The lowest BCUT2D eigenvalue weighted by Crippen LogP contribution is -2.09. The molecule has 0 atom stereocenters. The molecule has 0 aliphatic heterocycles. The highest BCUT2D eigenvalue weighted by atomic mass is 19.1. The Morgan fingerprint density at radius 3 is 2.44 bits per heavy atom. The maximum absolute atomic E-state index is 12.9. The molecule has 0 saturated carbocycles. The number of aryl methyl sites for hydroxylation is 2. The molecule has 3 aromatic rings. The van der Waals surface area contributed by atoms with Crippen LogP contribution >= 0.6 is 0 Å². The van der Waals surface area contributed by atoms with Crippen molar-refractivity contribution >= 4 is 17.5 Å². The molecule has 0 unspecified atom stereocenters. The zero-order valence-electron chi connectivity index (χ0n) is 14.3. The first kappa shape index (κ1) is 16.8. The van der Waals surface area contributed by atoms with Gasteiger partial charge in [-0.3, -0.25) is 0 Å². The normalized spacial score (nSPS) is 10.5. The van der Waals surface area contributed by atoms with E-state index in [1.165, 1.54) is 23.3 Å². The van der Waals surface area contributed by atoms with Crippen molar-refractivity contribution in [1.82, 2.24) is 15.2 Å². The highest BCUT2D eigenvalue weighted by Crippen LogP contribution is 2.18. The summed E-state index contributed by atoms with van der Waals surface area (Å²) < 4.78 is 12.9. The van der Waals surface area contributed by atoms with Gasteiger partial charge < -0.3 is 10.6 Å². The molecule has 2 aromatic carbocycles. The number of hydrogen-bond acceptors (Lipinski definition) is 5. The summed E-state index contributed by atoms with van der Waals surface area (Å²) in [4.78, 5) is 4.42. The van der Waals surface area contributed by atoms with E-state index in [0.717, 1.165) is 17.7 Å². The number of halogens is 1. The van der Waals surface area contributed by atoms with E-state index in [0.29, 0.717) is 18.3 Å². The van der Waals surface area contributed by atoms with Crippen LogP contribution in [0.4, 0.5) is 21.8 Å². The number of hydrogen-bond donors (Lipinski definition) is 2. The molecule has 2 N–H and O–H groups in total. The minimum atomic E-state index is -0.227. The van der Waals surface area contributed by atoms with Gasteiger partial charge >= 0.3 is 0 Å². The van der Waals surface area contributed by atoms with Crippen LogP contribution in [0.15, 0.2) is 48.7 Å². The van der Waals surface area contributed by atoms with Gasteiger partial charge in [0.1, 0.15) is 5.82 Å². The number of nitrogens with zero attached hydrogens (tertiary/aromatic N) is 3. The van der Waals surface area contributed by atoms with Crippen molar-refractivity contribution in [2.75, 3.05) is 17.2 Å². The molecule has 0 aliphatic carbocycles. The zero-order valence-corrected chi connectivity index (χ0v) is 14.3. The van der Waals surface area contributed by atoms with Crippen molar-refractivity contribution in [2.45, 2.75) is 20.3 Å². The Morgan fingerprint density at radius 2 is 1.72 bits per heavy atom. The summed E-state index contributed by atoms with van der Waals surface area (Å²) in [5, 5.41) is 14.3. The first-order valence-corrected chi connectivity index (χ1v) is 8.12. The molecule has 1 aromatic heterocycles. The number of nitrogens with one attached hydrogen (secondary N) is 2. The molecular weight excluding hydrogens is 317 g/mol. The summed E-state index contributed by atoms with van der Waals surface area (Å²) in [7, 11) is 0. The molecule has 0 amide bonds. The molecular formula is C19H20FN5. The molecule has 0 bridgehead atoms. The minimum Gasteiger partial charge on any atom is -0.353 e. The first-order chi connectivity index (χ1) is 12.1. The Balaban J connectivity index is 1.60. The average Bonchev–Trinajstić information content (AvgIpc) is 2.56. The molecule has 3 rings (SSSR count). The Bertz CT molecular complexity index is 828. The van der Waals surface area contributed by atoms with Crippen LogP contribution in [0.1, 0.15) is 16.7 Å². The highest BCUT2D eigenvalue weighted by molar-refractivity contribution is 5.58. The fraction of sp³-hybridized carbons (Fsp3) is 0.211. The van der Waals surface area contributed by atoms with Gasteiger partial charge in [-0.05, 0) is 61.2 Å². The lowest BCUT2D eigenvalue weighted by molar-refractivity contribution is 0.627. The van der Waals surface area contributed by atoms with Crippen LogP contribution in [-0.4, -0.2) is 21.7 Å². The molecule has 5 nitrogen and oxygen atoms in total. The maximum Gasteiger partial charge on any atom is 0.244 e. The van der Waals surface area contributed by atoms with Gasteiger partial charge in [-0.15, -0.1) is 5.10 Å². The van der Waals surface area contributed by atoms with Gasteiger partial charge in [-0.2, -0.15) is 10.1 Å². The van der Waals surface area contributed by atoms with E-state index in [-0.39, 0.29) is 5.82 Å². The zero-order chi connectivity index (χ0) is 17.6. The van der Waals surface area contributed by atoms with E-state index in [4.69, 9.17) is 0 Å². The predicted octanol–water partition coefficient (Wildman–Crippen LogP) is 4.03. The summed E-state index contributed by atoms with van der Waals surface area (Å²) in [5.74, 6) is 0.857. The van der Waals surface area contributed by atoms with E-state index in [2.05, 4.69) is 57.9 Å². The van der Waals surface area contributed by atoms with Gasteiger partial charge in [0.05, 0.1) is 6.20 Å². The van der Waals surface area contributed by atoms with E-state index in [9.17, 15) is 4.39 Å². The molecule has 0 aliphatic rings. The number of aromatic nitrogens is 3. The molecule has 6 heteroatoms. The molecule has 0 saturated heterocycles. The van der Waals surface area contributed by atoms with Crippen molar-refractivity contribution in [3.63, 3.8) is 0 Å². The van der Waals surface area contributed by atoms with Crippen molar-refractivity contribution in [3.05, 3.63) is 71.2 Å². The van der Waals surface area contributed by atoms with Crippen LogP contribution in [0.25, 0.3) is 0 Å². The summed E-state index contributed by atoms with van der Waals surface area (Å²) in [6.45, 7) is 4.75. The third-order valence-corrected chi connectivity index (χ3v) is 3.66. The van der Waals surface area contributed by atoms with E-state index in [1.807, 2.05) is 0 Å². The summed E-state index contributed by atoms with van der Waals surface area (Å²) in [6, 6.07) is 12.7. The molecule has 0 radical (unpaired) electrons. The topological polar surface area (TPSA) is 62.7 Å². The molecule has 25 heavy (non-hydrogen) atoms. The standard InChI is InChI=1S/C19H20FN5/c1-13-9-14(2)11-17(10-13)23-18-12-22-25-19(24-18)21-8-7-15-3-5-16(20)6-4-15/h3-6,9-12H,7-8H2,1-2H3,(H2,21,23,24,25). The Kier molecular flexibility index (Phi) is 5.18. The van der Waals surface area contributed by atoms with Crippen LogP contribution in [0.2, 0.25) is 0 Å². The SMILES string of the molecule is Cc1cc(C)cc(Nc2cnnc(NCCc3ccc(F)cc3)n2)c1. The Morgan fingerprint density at radius 1 is 1.00 bits per heavy atom. The van der Waals surface area contributed by atoms with Crippen molar-refractivity contribution in [3.8, 4) is 0 Å². The van der Waals surface area contributed by atoms with Gasteiger partial charge in [0.2, 0.25) is 5.95 Å². The van der Waals surface area contributed by atoms with Crippen LogP contribution in [-0.2, 0) is 6.42 Å². The third kappa shape index (κ3) is 4.97. The van der Waals surface area contributed by atoms with E-state index >= 15 is 0 Å². The second-order valence-electron chi connectivity index (χ2n) is 5.97. The molecule has 1 heterocycles. The fourth-order valence-corrected chi connectivity index (χ4v) is 2.60. The van der Waals surface area contributed by atoms with Crippen LogP contribution in [0, 0.1) is 19.7 Å². The van der Waals surface area contributed by atoms with Crippen molar-refractivity contribution in [2.24, 2.45) is 0 Å². The Hall–Kier alpha value is -3.02. The van der Waals surface area contributed by atoms with Gasteiger partial charge in [0.25, 0.3) is 0 Å². The van der Waals surface area contributed by atoms with Crippen LogP contribution in [0.3, 0.4) is 0 Å². The monoisotopic (exact) mass is 337 g/mol. The number of anilines is 3. The van der Waals surface area contributed by atoms with E-state index in [1.54, 1.807) is 18.3 Å². The fourth-order valence-electron chi connectivity index (χ4n) is 2.60. The van der Waals surface area contributed by atoms with Crippen molar-refractivity contribution in [1.29, 1.82) is 0 Å². The predicted molar refractivity (Wildman–Crippen MR) is 97.6 cm³/mol. The van der Waals surface area contributed by atoms with Gasteiger partial charge in [0.15, 0.2) is 5.82 Å². The van der Waals surface area contributed by atoms with Gasteiger partial charge in [-0.1, -0.05) is 18.2 Å².